The molecule has 2 aromatic carbocycles. The second-order valence-electron chi connectivity index (χ2n) is 6.00. The van der Waals surface area contributed by atoms with Crippen LogP contribution in [0.4, 0.5) is 13.2 Å². The molecule has 0 spiro atoms. The molecule has 1 N–H and O–H groups in total. The first-order chi connectivity index (χ1) is 12.1. The Morgan fingerprint density at radius 3 is 2.46 bits per heavy atom. The number of nitrogens with zero attached hydrogens (tertiary/aromatic N) is 2. The topological polar surface area (TPSA) is 52.9 Å². The van der Waals surface area contributed by atoms with Crippen molar-refractivity contribution in [2.45, 2.75) is 25.2 Å². The van der Waals surface area contributed by atoms with Gasteiger partial charge in [-0.3, -0.25) is 4.79 Å². The summed E-state index contributed by atoms with van der Waals surface area (Å²) in [4.78, 5) is 12.7. The van der Waals surface area contributed by atoms with E-state index >= 15 is 0 Å². The zero-order valence-electron chi connectivity index (χ0n) is 13.6. The van der Waals surface area contributed by atoms with Crippen molar-refractivity contribution in [1.29, 1.82) is 0 Å². The molecule has 0 bridgehead atoms. The maximum absolute atomic E-state index is 13.6. The number of aliphatic hydroxyl groups is 1. The number of rotatable bonds is 2. The van der Waals surface area contributed by atoms with Gasteiger partial charge < -0.3 is 5.11 Å². The number of hydrogen-bond acceptors (Lipinski definition) is 3. The molecule has 4 nitrogen and oxygen atoms in total. The normalized spacial score (nSPS) is 20.2. The molecule has 8 heteroatoms. The Bertz CT molecular complexity index is 884. The quantitative estimate of drug-likeness (QED) is 0.848. The van der Waals surface area contributed by atoms with Crippen molar-refractivity contribution < 1.29 is 23.1 Å². The summed E-state index contributed by atoms with van der Waals surface area (Å²) in [5, 5.41) is 14.2. The van der Waals surface area contributed by atoms with Crippen LogP contribution < -0.4 is 0 Å². The van der Waals surface area contributed by atoms with E-state index in [0.29, 0.717) is 5.56 Å². The maximum Gasteiger partial charge on any atom is 0.438 e. The predicted octanol–water partition coefficient (Wildman–Crippen LogP) is 4.15. The van der Waals surface area contributed by atoms with Crippen LogP contribution in [0.5, 0.6) is 0 Å². The fourth-order valence-corrected chi connectivity index (χ4v) is 2.99. The van der Waals surface area contributed by atoms with Gasteiger partial charge in [0.05, 0.1) is 22.7 Å². The first-order valence-electron chi connectivity index (χ1n) is 7.66. The predicted molar refractivity (Wildman–Crippen MR) is 91.0 cm³/mol. The summed E-state index contributed by atoms with van der Waals surface area (Å²) >= 11 is 6.00. The molecule has 1 amide bonds. The van der Waals surface area contributed by atoms with Crippen molar-refractivity contribution in [3.05, 3.63) is 70.2 Å². The molecule has 2 aromatic rings. The second-order valence-corrected chi connectivity index (χ2v) is 6.41. The van der Waals surface area contributed by atoms with Crippen molar-refractivity contribution in [3.8, 4) is 0 Å². The minimum absolute atomic E-state index is 0.0112. The molecule has 0 saturated carbocycles. The highest BCUT2D eigenvalue weighted by molar-refractivity contribution is 6.34. The van der Waals surface area contributed by atoms with Gasteiger partial charge in [-0.2, -0.15) is 23.3 Å². The van der Waals surface area contributed by atoms with E-state index in [1.54, 1.807) is 43.3 Å². The van der Waals surface area contributed by atoms with Crippen LogP contribution in [-0.2, 0) is 0 Å². The minimum atomic E-state index is -5.10. The van der Waals surface area contributed by atoms with E-state index in [2.05, 4.69) is 5.10 Å². The number of carbonyl (C=O) groups excluding carboxylic acids is 1. The van der Waals surface area contributed by atoms with Gasteiger partial charge >= 0.3 is 6.18 Å². The van der Waals surface area contributed by atoms with Crippen LogP contribution >= 0.6 is 11.6 Å². The Hall–Kier alpha value is -2.38. The van der Waals surface area contributed by atoms with Crippen LogP contribution in [0.2, 0.25) is 5.02 Å². The standard InChI is InChI=1S/C18H14ClF3N2O2/c1-11-7-8-13(14(19)9-11)16(25)24-17(26,18(20,21)22)10-15(23-24)12-5-3-2-4-6-12/h2-9,26H,10H2,1H3/t17-/m0/s1. The van der Waals surface area contributed by atoms with Crippen LogP contribution in [0.3, 0.4) is 0 Å². The Kier molecular flexibility index (Phi) is 4.54. The third-order valence-electron chi connectivity index (χ3n) is 4.09. The van der Waals surface area contributed by atoms with E-state index in [4.69, 9.17) is 11.6 Å². The van der Waals surface area contributed by atoms with Crippen LogP contribution in [0.1, 0.15) is 27.9 Å². The number of hydrazone groups is 1. The Morgan fingerprint density at radius 1 is 1.23 bits per heavy atom. The van der Waals surface area contributed by atoms with E-state index in [1.807, 2.05) is 0 Å². The molecule has 1 atom stereocenters. The summed E-state index contributed by atoms with van der Waals surface area (Å²) in [6, 6.07) is 12.4. The molecule has 1 aliphatic rings. The molecule has 136 valence electrons. The molecule has 0 fully saturated rings. The van der Waals surface area contributed by atoms with Gasteiger partial charge in [0.1, 0.15) is 0 Å². The third-order valence-corrected chi connectivity index (χ3v) is 4.41. The molecule has 0 saturated heterocycles. The van der Waals surface area contributed by atoms with E-state index in [-0.39, 0.29) is 21.3 Å². The largest absolute Gasteiger partial charge is 0.438 e. The highest BCUT2D eigenvalue weighted by Gasteiger charge is 2.63. The average Bonchev–Trinajstić information content (AvgIpc) is 2.94. The number of halogens is 4. The lowest BCUT2D eigenvalue weighted by Gasteiger charge is -2.32. The summed E-state index contributed by atoms with van der Waals surface area (Å²) in [5.74, 6) is -1.12. The zero-order chi connectivity index (χ0) is 19.1. The molecular weight excluding hydrogens is 369 g/mol. The van der Waals surface area contributed by atoms with E-state index in [9.17, 15) is 23.1 Å². The van der Waals surface area contributed by atoms with Gasteiger partial charge in [-0.05, 0) is 30.2 Å². The Labute approximate surface area is 152 Å². The molecule has 0 aliphatic carbocycles. The minimum Gasteiger partial charge on any atom is -0.362 e. The van der Waals surface area contributed by atoms with E-state index < -0.39 is 24.2 Å². The van der Waals surface area contributed by atoms with Crippen molar-refractivity contribution in [2.75, 3.05) is 0 Å². The number of benzene rings is 2. The molecule has 3 rings (SSSR count). The lowest BCUT2D eigenvalue weighted by atomic mass is 10.0. The number of alkyl halides is 3. The van der Waals surface area contributed by atoms with Crippen molar-refractivity contribution in [1.82, 2.24) is 5.01 Å². The van der Waals surface area contributed by atoms with Crippen LogP contribution in [0.25, 0.3) is 0 Å². The smallest absolute Gasteiger partial charge is 0.362 e. The maximum atomic E-state index is 13.6. The lowest BCUT2D eigenvalue weighted by molar-refractivity contribution is -0.297. The molecule has 1 aliphatic heterocycles. The monoisotopic (exact) mass is 382 g/mol. The van der Waals surface area contributed by atoms with Gasteiger partial charge in [-0.15, -0.1) is 0 Å². The molecule has 26 heavy (non-hydrogen) atoms. The van der Waals surface area contributed by atoms with Gasteiger partial charge in [0.2, 0.25) is 0 Å². The average molecular weight is 383 g/mol. The fraction of sp³-hybridized carbons (Fsp3) is 0.222. The van der Waals surface area contributed by atoms with Crippen LogP contribution in [0.15, 0.2) is 53.6 Å². The number of amides is 1. The highest BCUT2D eigenvalue weighted by Crippen LogP contribution is 2.42. The molecule has 0 aromatic heterocycles. The fourth-order valence-electron chi connectivity index (χ4n) is 2.68. The molecular formula is C18H14ClF3N2O2. The van der Waals surface area contributed by atoms with Gasteiger partial charge in [-0.25, -0.2) is 0 Å². The van der Waals surface area contributed by atoms with E-state index in [0.717, 1.165) is 5.56 Å². The first-order valence-corrected chi connectivity index (χ1v) is 8.04. The first kappa shape index (κ1) is 18.4. The Morgan fingerprint density at radius 2 is 1.88 bits per heavy atom. The van der Waals surface area contributed by atoms with Crippen molar-refractivity contribution in [2.24, 2.45) is 5.10 Å². The van der Waals surface area contributed by atoms with Gasteiger partial charge in [0.25, 0.3) is 11.6 Å². The number of hydrogen-bond donors (Lipinski definition) is 1. The molecule has 0 unspecified atom stereocenters. The second kappa shape index (κ2) is 6.41. The summed E-state index contributed by atoms with van der Waals surface area (Å²) in [5.41, 5.74) is -2.52. The summed E-state index contributed by atoms with van der Waals surface area (Å²) in [6.45, 7) is 1.73. The number of carbonyl (C=O) groups is 1. The third kappa shape index (κ3) is 3.08. The van der Waals surface area contributed by atoms with Crippen LogP contribution in [0, 0.1) is 6.92 Å². The molecule has 0 radical (unpaired) electrons. The van der Waals surface area contributed by atoms with Gasteiger partial charge in [-0.1, -0.05) is 48.0 Å². The SMILES string of the molecule is Cc1ccc(C(=O)N2N=C(c3ccccc3)C[C@]2(O)C(F)(F)F)c(Cl)c1. The van der Waals surface area contributed by atoms with Gasteiger partial charge in [0.15, 0.2) is 0 Å². The Balaban J connectivity index is 2.08. The van der Waals surface area contributed by atoms with Crippen molar-refractivity contribution >= 4 is 23.2 Å². The van der Waals surface area contributed by atoms with E-state index in [1.165, 1.54) is 12.1 Å². The zero-order valence-corrected chi connectivity index (χ0v) is 14.3. The van der Waals surface area contributed by atoms with Crippen LogP contribution in [-0.4, -0.2) is 33.6 Å². The highest BCUT2D eigenvalue weighted by atomic mass is 35.5. The van der Waals surface area contributed by atoms with Crippen molar-refractivity contribution in [3.63, 3.8) is 0 Å². The summed E-state index contributed by atoms with van der Waals surface area (Å²) < 4.78 is 40.7. The van der Waals surface area contributed by atoms with Gasteiger partial charge in [0, 0.05) is 0 Å². The summed E-state index contributed by atoms with van der Waals surface area (Å²) in [6.07, 6.45) is -5.96. The summed E-state index contributed by atoms with van der Waals surface area (Å²) in [7, 11) is 0. The number of aryl methyl sites for hydroxylation is 1. The molecule has 1 heterocycles. The lowest BCUT2D eigenvalue weighted by Crippen LogP contribution is -2.56.